The predicted molar refractivity (Wildman–Crippen MR) is 37.6 cm³/mol. The van der Waals surface area contributed by atoms with Crippen molar-refractivity contribution in [2.75, 3.05) is 7.05 Å². The van der Waals surface area contributed by atoms with Gasteiger partial charge in [-0.3, -0.25) is 9.79 Å². The first-order valence-electron chi connectivity index (χ1n) is 2.84. The Morgan fingerprint density at radius 3 is 2.70 bits per heavy atom. The number of nitrogens with zero attached hydrogens (tertiary/aromatic N) is 1. The van der Waals surface area contributed by atoms with Gasteiger partial charge >= 0.3 is 0 Å². The lowest BCUT2D eigenvalue weighted by Crippen LogP contribution is -1.73. The van der Waals surface area contributed by atoms with Gasteiger partial charge in [-0.1, -0.05) is 0 Å². The van der Waals surface area contributed by atoms with Crippen LogP contribution < -0.4 is 0 Å². The summed E-state index contributed by atoms with van der Waals surface area (Å²) < 4.78 is 4.96. The standard InChI is InChI=1S/C7H7NO2/c1-8-4-6-2-3-7(5-9)10-6/h2-5H,1H3. The maximum atomic E-state index is 10.1. The van der Waals surface area contributed by atoms with Crippen LogP contribution in [0.5, 0.6) is 0 Å². The molecule has 0 saturated heterocycles. The molecule has 0 aliphatic heterocycles. The van der Waals surface area contributed by atoms with Crippen LogP contribution in [-0.2, 0) is 0 Å². The van der Waals surface area contributed by atoms with E-state index >= 15 is 0 Å². The van der Waals surface area contributed by atoms with Crippen molar-refractivity contribution in [1.82, 2.24) is 0 Å². The zero-order chi connectivity index (χ0) is 7.40. The normalized spacial score (nSPS) is 10.5. The third kappa shape index (κ3) is 1.31. The van der Waals surface area contributed by atoms with Crippen molar-refractivity contribution in [2.24, 2.45) is 4.99 Å². The van der Waals surface area contributed by atoms with E-state index in [0.717, 1.165) is 0 Å². The number of hydrogen-bond donors (Lipinski definition) is 0. The SMILES string of the molecule is CN=Cc1ccc(C=O)o1. The van der Waals surface area contributed by atoms with Gasteiger partial charge in [0.2, 0.25) is 0 Å². The smallest absolute Gasteiger partial charge is 0.185 e. The fourth-order valence-corrected chi connectivity index (χ4v) is 0.628. The highest BCUT2D eigenvalue weighted by Gasteiger charge is 1.95. The van der Waals surface area contributed by atoms with Crippen molar-refractivity contribution in [3.8, 4) is 0 Å². The molecule has 0 N–H and O–H groups in total. The van der Waals surface area contributed by atoms with Crippen LogP contribution in [0.4, 0.5) is 0 Å². The van der Waals surface area contributed by atoms with E-state index in [9.17, 15) is 4.79 Å². The molecule has 0 saturated carbocycles. The molecule has 0 bridgehead atoms. The van der Waals surface area contributed by atoms with Gasteiger partial charge in [0.1, 0.15) is 5.76 Å². The van der Waals surface area contributed by atoms with Crippen LogP contribution in [0.3, 0.4) is 0 Å². The van der Waals surface area contributed by atoms with Gasteiger partial charge in [0, 0.05) is 7.05 Å². The van der Waals surface area contributed by atoms with Crippen molar-refractivity contribution < 1.29 is 9.21 Å². The van der Waals surface area contributed by atoms with E-state index < -0.39 is 0 Å². The van der Waals surface area contributed by atoms with Crippen LogP contribution in [0, 0.1) is 0 Å². The summed E-state index contributed by atoms with van der Waals surface area (Å²) in [6.07, 6.45) is 2.21. The molecule has 1 aromatic rings. The molecule has 0 aromatic carbocycles. The van der Waals surface area contributed by atoms with Crippen LogP contribution in [0.15, 0.2) is 21.5 Å². The number of furan rings is 1. The Kier molecular flexibility index (Phi) is 1.99. The maximum Gasteiger partial charge on any atom is 0.185 e. The minimum Gasteiger partial charge on any atom is -0.452 e. The zero-order valence-electron chi connectivity index (χ0n) is 5.57. The Labute approximate surface area is 58.4 Å². The first kappa shape index (κ1) is 6.74. The van der Waals surface area contributed by atoms with Crippen molar-refractivity contribution in [1.29, 1.82) is 0 Å². The van der Waals surface area contributed by atoms with Crippen molar-refractivity contribution in [3.63, 3.8) is 0 Å². The predicted octanol–water partition coefficient (Wildman–Crippen LogP) is 1.14. The molecule has 1 rings (SSSR count). The van der Waals surface area contributed by atoms with Crippen molar-refractivity contribution in [2.45, 2.75) is 0 Å². The van der Waals surface area contributed by atoms with Gasteiger partial charge < -0.3 is 4.42 Å². The molecule has 0 unspecified atom stereocenters. The van der Waals surface area contributed by atoms with Gasteiger partial charge in [-0.25, -0.2) is 0 Å². The molecule has 0 atom stereocenters. The molecule has 0 spiro atoms. The monoisotopic (exact) mass is 137 g/mol. The number of rotatable bonds is 2. The molecule has 3 nitrogen and oxygen atoms in total. The highest BCUT2D eigenvalue weighted by molar-refractivity contribution is 5.78. The van der Waals surface area contributed by atoms with Gasteiger partial charge in [-0.2, -0.15) is 0 Å². The van der Waals surface area contributed by atoms with E-state index in [4.69, 9.17) is 4.42 Å². The molecule has 1 aromatic heterocycles. The first-order chi connectivity index (χ1) is 4.86. The van der Waals surface area contributed by atoms with E-state index in [2.05, 4.69) is 4.99 Å². The Bertz CT molecular complexity index is 250. The number of aliphatic imine (C=N–C) groups is 1. The number of carbonyl (C=O) groups is 1. The van der Waals surface area contributed by atoms with Crippen LogP contribution in [0.25, 0.3) is 0 Å². The Morgan fingerprint density at radius 2 is 2.20 bits per heavy atom. The summed E-state index contributed by atoms with van der Waals surface area (Å²) >= 11 is 0. The summed E-state index contributed by atoms with van der Waals surface area (Å²) in [5.41, 5.74) is 0. The maximum absolute atomic E-state index is 10.1. The lowest BCUT2D eigenvalue weighted by atomic mass is 10.4. The molecule has 3 heteroatoms. The lowest BCUT2D eigenvalue weighted by Gasteiger charge is -1.79. The zero-order valence-corrected chi connectivity index (χ0v) is 5.57. The van der Waals surface area contributed by atoms with Gasteiger partial charge in [0.05, 0.1) is 6.21 Å². The first-order valence-corrected chi connectivity index (χ1v) is 2.84. The summed E-state index contributed by atoms with van der Waals surface area (Å²) in [6.45, 7) is 0. The van der Waals surface area contributed by atoms with Crippen LogP contribution in [0.2, 0.25) is 0 Å². The molecule has 52 valence electrons. The number of aldehydes is 1. The summed E-state index contributed by atoms with van der Waals surface area (Å²) in [6, 6.07) is 3.29. The molecule has 0 fully saturated rings. The molecule has 0 aliphatic carbocycles. The van der Waals surface area contributed by atoms with E-state index in [-0.39, 0.29) is 0 Å². The topological polar surface area (TPSA) is 42.6 Å². The Hall–Kier alpha value is -1.38. The second-order valence-corrected chi connectivity index (χ2v) is 1.75. The lowest BCUT2D eigenvalue weighted by molar-refractivity contribution is 0.110. The largest absolute Gasteiger partial charge is 0.452 e. The fourth-order valence-electron chi connectivity index (χ4n) is 0.628. The highest BCUT2D eigenvalue weighted by Crippen LogP contribution is 2.01. The summed E-state index contributed by atoms with van der Waals surface area (Å²) in [7, 11) is 1.64. The minimum atomic E-state index is 0.329. The quantitative estimate of drug-likeness (QED) is 0.453. The van der Waals surface area contributed by atoms with E-state index in [1.165, 1.54) is 0 Å². The third-order valence-electron chi connectivity index (χ3n) is 1.02. The van der Waals surface area contributed by atoms with Crippen LogP contribution in [0.1, 0.15) is 16.3 Å². The van der Waals surface area contributed by atoms with Gasteiger partial charge in [-0.15, -0.1) is 0 Å². The summed E-state index contributed by atoms with van der Waals surface area (Å²) in [5.74, 6) is 0.930. The number of hydrogen-bond acceptors (Lipinski definition) is 3. The minimum absolute atomic E-state index is 0.329. The molecular weight excluding hydrogens is 130 g/mol. The molecule has 0 amide bonds. The van der Waals surface area contributed by atoms with Gasteiger partial charge in [0.15, 0.2) is 12.0 Å². The average Bonchev–Trinajstić information content (AvgIpc) is 2.37. The number of carbonyl (C=O) groups excluding carboxylic acids is 1. The van der Waals surface area contributed by atoms with Gasteiger partial charge in [0.25, 0.3) is 0 Å². The Morgan fingerprint density at radius 1 is 1.50 bits per heavy atom. The summed E-state index contributed by atoms with van der Waals surface area (Å²) in [4.78, 5) is 13.8. The Balaban J connectivity index is 2.87. The van der Waals surface area contributed by atoms with E-state index in [1.807, 2.05) is 0 Å². The van der Waals surface area contributed by atoms with Crippen LogP contribution >= 0.6 is 0 Å². The van der Waals surface area contributed by atoms with Gasteiger partial charge in [-0.05, 0) is 12.1 Å². The van der Waals surface area contributed by atoms with Crippen molar-refractivity contribution >= 4 is 12.5 Å². The molecule has 0 aliphatic rings. The third-order valence-corrected chi connectivity index (χ3v) is 1.02. The molecular formula is C7H7NO2. The molecule has 0 radical (unpaired) electrons. The van der Waals surface area contributed by atoms with Crippen molar-refractivity contribution in [3.05, 3.63) is 23.7 Å². The molecule has 10 heavy (non-hydrogen) atoms. The fraction of sp³-hybridized carbons (Fsp3) is 0.143. The van der Waals surface area contributed by atoms with E-state index in [1.54, 1.807) is 25.4 Å². The summed E-state index contributed by atoms with van der Waals surface area (Å²) in [5, 5.41) is 0. The second-order valence-electron chi connectivity index (χ2n) is 1.75. The average molecular weight is 137 g/mol. The second kappa shape index (κ2) is 2.96. The van der Waals surface area contributed by atoms with Crippen LogP contribution in [-0.4, -0.2) is 19.5 Å². The highest BCUT2D eigenvalue weighted by atomic mass is 16.3. The van der Waals surface area contributed by atoms with E-state index in [0.29, 0.717) is 17.8 Å². The molecule has 1 heterocycles.